The Morgan fingerprint density at radius 3 is 2.29 bits per heavy atom. The van der Waals surface area contributed by atoms with Crippen molar-refractivity contribution in [2.24, 2.45) is 0 Å². The molecule has 0 radical (unpaired) electrons. The molecule has 1 atom stereocenters. The minimum Gasteiger partial charge on any atom is -0.480 e. The molecule has 1 aromatic carbocycles. The molecule has 1 heterocycles. The Hall–Kier alpha value is -2.60. The van der Waals surface area contributed by atoms with Gasteiger partial charge in [0.2, 0.25) is 0 Å². The summed E-state index contributed by atoms with van der Waals surface area (Å²) in [5.74, 6) is -1.64. The fourth-order valence-electron chi connectivity index (χ4n) is 1.92. The first-order chi connectivity index (χ1) is 10.1. The number of amides is 1. The molecule has 1 amide bonds. The van der Waals surface area contributed by atoms with Crippen molar-refractivity contribution in [3.63, 3.8) is 0 Å². The van der Waals surface area contributed by atoms with Crippen LogP contribution >= 0.6 is 0 Å². The third-order valence-corrected chi connectivity index (χ3v) is 3.05. The maximum atomic E-state index is 12.0. The highest BCUT2D eigenvalue weighted by Crippen LogP contribution is 2.10. The molecule has 0 aliphatic rings. The Labute approximate surface area is 121 Å². The second-order valence-corrected chi connectivity index (χ2v) is 4.51. The molecule has 0 fully saturated rings. The molecule has 110 valence electrons. The Kier molecular flexibility index (Phi) is 4.73. The standard InChI is InChI=1S/C15H16N2O4/c18-10-7-13(15(20)21)16-14(19)11-3-5-12(6-4-11)17-8-1-2-9-17/h1-6,8-9,13,18H,7,10H2,(H,16,19)(H,20,21)/t13-/m1/s1. The predicted octanol–water partition coefficient (Wildman–Crippen LogP) is 1.04. The molecular formula is C15H16N2O4. The molecule has 0 unspecified atom stereocenters. The average Bonchev–Trinajstić information content (AvgIpc) is 3.01. The van der Waals surface area contributed by atoms with Gasteiger partial charge in [-0.3, -0.25) is 4.79 Å². The van der Waals surface area contributed by atoms with Crippen molar-refractivity contribution >= 4 is 11.9 Å². The number of aliphatic hydroxyl groups excluding tert-OH is 1. The summed E-state index contributed by atoms with van der Waals surface area (Å²) in [4.78, 5) is 22.9. The molecular weight excluding hydrogens is 272 g/mol. The van der Waals surface area contributed by atoms with Gasteiger partial charge in [-0.15, -0.1) is 0 Å². The van der Waals surface area contributed by atoms with E-state index >= 15 is 0 Å². The van der Waals surface area contributed by atoms with Gasteiger partial charge in [0.1, 0.15) is 6.04 Å². The number of hydrogen-bond acceptors (Lipinski definition) is 3. The summed E-state index contributed by atoms with van der Waals surface area (Å²) >= 11 is 0. The second kappa shape index (κ2) is 6.71. The van der Waals surface area contributed by atoms with Crippen LogP contribution in [0.15, 0.2) is 48.8 Å². The van der Waals surface area contributed by atoms with E-state index in [1.807, 2.05) is 29.1 Å². The SMILES string of the molecule is O=C(N[C@H](CCO)C(=O)O)c1ccc(-n2cccc2)cc1. The van der Waals surface area contributed by atoms with Crippen molar-refractivity contribution in [2.45, 2.75) is 12.5 Å². The summed E-state index contributed by atoms with van der Waals surface area (Å²) in [7, 11) is 0. The lowest BCUT2D eigenvalue weighted by atomic mass is 10.1. The van der Waals surface area contributed by atoms with Gasteiger partial charge in [-0.2, -0.15) is 0 Å². The third kappa shape index (κ3) is 3.70. The van der Waals surface area contributed by atoms with Crippen molar-refractivity contribution in [3.8, 4) is 5.69 Å². The summed E-state index contributed by atoms with van der Waals surface area (Å²) in [6.07, 6.45) is 3.75. The van der Waals surface area contributed by atoms with E-state index in [2.05, 4.69) is 5.32 Å². The Morgan fingerprint density at radius 2 is 1.76 bits per heavy atom. The van der Waals surface area contributed by atoms with Crippen LogP contribution in [-0.4, -0.2) is 39.3 Å². The lowest BCUT2D eigenvalue weighted by Crippen LogP contribution is -2.41. The van der Waals surface area contributed by atoms with Gasteiger partial charge < -0.3 is 20.1 Å². The normalized spacial score (nSPS) is 11.9. The maximum absolute atomic E-state index is 12.0. The van der Waals surface area contributed by atoms with Crippen LogP contribution in [0.2, 0.25) is 0 Å². The van der Waals surface area contributed by atoms with Gasteiger partial charge >= 0.3 is 5.97 Å². The quantitative estimate of drug-likeness (QED) is 0.740. The van der Waals surface area contributed by atoms with Crippen LogP contribution in [0.5, 0.6) is 0 Å². The highest BCUT2D eigenvalue weighted by atomic mass is 16.4. The van der Waals surface area contributed by atoms with E-state index in [0.717, 1.165) is 5.69 Å². The summed E-state index contributed by atoms with van der Waals surface area (Å²) < 4.78 is 1.90. The molecule has 6 heteroatoms. The molecule has 0 aliphatic carbocycles. The van der Waals surface area contributed by atoms with Crippen LogP contribution in [0.3, 0.4) is 0 Å². The number of aromatic nitrogens is 1. The van der Waals surface area contributed by atoms with Crippen LogP contribution in [0.4, 0.5) is 0 Å². The van der Waals surface area contributed by atoms with Gasteiger partial charge in [0.15, 0.2) is 0 Å². The van der Waals surface area contributed by atoms with Crippen LogP contribution in [0.1, 0.15) is 16.8 Å². The first-order valence-electron chi connectivity index (χ1n) is 6.50. The zero-order valence-electron chi connectivity index (χ0n) is 11.3. The largest absolute Gasteiger partial charge is 0.480 e. The third-order valence-electron chi connectivity index (χ3n) is 3.05. The second-order valence-electron chi connectivity index (χ2n) is 4.51. The number of aliphatic hydroxyl groups is 1. The van der Waals surface area contributed by atoms with Gasteiger partial charge in [0, 0.05) is 36.7 Å². The monoisotopic (exact) mass is 288 g/mol. The topological polar surface area (TPSA) is 91.6 Å². The summed E-state index contributed by atoms with van der Waals surface area (Å²) in [5.41, 5.74) is 1.27. The van der Waals surface area contributed by atoms with Gasteiger partial charge in [0.25, 0.3) is 5.91 Å². The van der Waals surface area contributed by atoms with Crippen LogP contribution in [0, 0.1) is 0 Å². The molecule has 21 heavy (non-hydrogen) atoms. The molecule has 0 saturated heterocycles. The van der Waals surface area contributed by atoms with Crippen molar-refractivity contribution in [1.82, 2.24) is 9.88 Å². The summed E-state index contributed by atoms with van der Waals surface area (Å²) in [5, 5.41) is 20.1. The number of nitrogens with one attached hydrogen (secondary N) is 1. The molecule has 6 nitrogen and oxygen atoms in total. The van der Waals surface area contributed by atoms with Crippen LogP contribution in [-0.2, 0) is 4.79 Å². The van der Waals surface area contributed by atoms with E-state index < -0.39 is 17.9 Å². The van der Waals surface area contributed by atoms with E-state index in [1.165, 1.54) is 0 Å². The van der Waals surface area contributed by atoms with Crippen molar-refractivity contribution < 1.29 is 19.8 Å². The zero-order chi connectivity index (χ0) is 15.2. The van der Waals surface area contributed by atoms with E-state index in [9.17, 15) is 9.59 Å². The first-order valence-corrected chi connectivity index (χ1v) is 6.50. The van der Waals surface area contributed by atoms with Crippen LogP contribution in [0.25, 0.3) is 5.69 Å². The molecule has 2 rings (SSSR count). The van der Waals surface area contributed by atoms with Gasteiger partial charge in [-0.05, 0) is 36.4 Å². The lowest BCUT2D eigenvalue weighted by Gasteiger charge is -2.13. The van der Waals surface area contributed by atoms with Crippen molar-refractivity contribution in [2.75, 3.05) is 6.61 Å². The van der Waals surface area contributed by atoms with E-state index in [4.69, 9.17) is 10.2 Å². The van der Waals surface area contributed by atoms with Crippen LogP contribution < -0.4 is 5.32 Å². The van der Waals surface area contributed by atoms with E-state index in [-0.39, 0.29) is 13.0 Å². The number of aliphatic carboxylic acids is 1. The predicted molar refractivity (Wildman–Crippen MR) is 76.4 cm³/mol. The highest BCUT2D eigenvalue weighted by molar-refractivity contribution is 5.96. The fourth-order valence-corrected chi connectivity index (χ4v) is 1.92. The lowest BCUT2D eigenvalue weighted by molar-refractivity contribution is -0.139. The Morgan fingerprint density at radius 1 is 1.14 bits per heavy atom. The zero-order valence-corrected chi connectivity index (χ0v) is 11.3. The molecule has 0 aliphatic heterocycles. The van der Waals surface area contributed by atoms with Gasteiger partial charge in [-0.1, -0.05) is 0 Å². The number of benzene rings is 1. The minimum absolute atomic E-state index is 0.0253. The fraction of sp³-hybridized carbons (Fsp3) is 0.200. The number of hydrogen-bond donors (Lipinski definition) is 3. The maximum Gasteiger partial charge on any atom is 0.326 e. The van der Waals surface area contributed by atoms with E-state index in [0.29, 0.717) is 5.56 Å². The van der Waals surface area contributed by atoms with Gasteiger partial charge in [0.05, 0.1) is 0 Å². The number of carbonyl (C=O) groups excluding carboxylic acids is 1. The number of carboxylic acids is 1. The molecule has 3 N–H and O–H groups in total. The first kappa shape index (κ1) is 14.8. The molecule has 0 spiro atoms. The Bertz CT molecular complexity index is 605. The number of carboxylic acid groups (broad SMARTS) is 1. The molecule has 1 aromatic heterocycles. The van der Waals surface area contributed by atoms with E-state index in [1.54, 1.807) is 24.3 Å². The number of carbonyl (C=O) groups is 2. The average molecular weight is 288 g/mol. The smallest absolute Gasteiger partial charge is 0.326 e. The summed E-state index contributed by atoms with van der Waals surface area (Å²) in [6.45, 7) is -0.302. The van der Waals surface area contributed by atoms with Crippen molar-refractivity contribution in [3.05, 3.63) is 54.4 Å². The van der Waals surface area contributed by atoms with Gasteiger partial charge in [-0.25, -0.2) is 4.79 Å². The molecule has 0 saturated carbocycles. The van der Waals surface area contributed by atoms with Crippen molar-refractivity contribution in [1.29, 1.82) is 0 Å². The minimum atomic E-state index is -1.17. The number of rotatable bonds is 6. The highest BCUT2D eigenvalue weighted by Gasteiger charge is 2.19. The summed E-state index contributed by atoms with van der Waals surface area (Å²) in [6, 6.07) is 9.50. The molecule has 0 bridgehead atoms. The molecule has 2 aromatic rings. The number of nitrogens with zero attached hydrogens (tertiary/aromatic N) is 1. The Balaban J connectivity index is 2.07.